The van der Waals surface area contributed by atoms with Crippen molar-refractivity contribution in [3.05, 3.63) is 22.7 Å². The second-order valence-corrected chi connectivity index (χ2v) is 4.50. The maximum atomic E-state index is 11.4. The van der Waals surface area contributed by atoms with E-state index in [0.717, 1.165) is 0 Å². The van der Waals surface area contributed by atoms with E-state index in [0.29, 0.717) is 11.3 Å². The van der Waals surface area contributed by atoms with Crippen LogP contribution in [-0.2, 0) is 16.1 Å². The van der Waals surface area contributed by atoms with Crippen molar-refractivity contribution in [2.24, 2.45) is 0 Å². The third-order valence-corrected chi connectivity index (χ3v) is 2.45. The molecule has 0 aliphatic carbocycles. The van der Waals surface area contributed by atoms with Gasteiger partial charge in [0.2, 0.25) is 0 Å². The lowest BCUT2D eigenvalue weighted by atomic mass is 10.2. The molecular formula is C13H17ClO5. The normalized spacial score (nSPS) is 10.4. The zero-order chi connectivity index (χ0) is 14.4. The summed E-state index contributed by atoms with van der Waals surface area (Å²) in [6.07, 6.45) is -0.203. The number of ether oxygens (including phenoxy) is 3. The van der Waals surface area contributed by atoms with Gasteiger partial charge in [-0.2, -0.15) is 0 Å². The highest BCUT2D eigenvalue weighted by atomic mass is 35.5. The molecule has 0 saturated heterocycles. The average Bonchev–Trinajstić information content (AvgIpc) is 2.35. The van der Waals surface area contributed by atoms with Crippen LogP contribution < -0.4 is 9.47 Å². The third kappa shape index (κ3) is 4.61. The Morgan fingerprint density at radius 1 is 1.42 bits per heavy atom. The molecule has 6 heteroatoms. The summed E-state index contributed by atoms with van der Waals surface area (Å²) in [6, 6.07) is 3.14. The predicted molar refractivity (Wildman–Crippen MR) is 70.6 cm³/mol. The third-order valence-electron chi connectivity index (χ3n) is 2.17. The largest absolute Gasteiger partial charge is 0.493 e. The maximum Gasteiger partial charge on any atom is 0.344 e. The molecule has 0 amide bonds. The molecule has 0 heterocycles. The number of halogens is 1. The standard InChI is InChI=1S/C13H17ClO5/c1-8(2)19-12(16)7-18-13-10(14)4-9(6-15)5-11(13)17-3/h4-5,8,15H,6-7H2,1-3H3. The van der Waals surface area contributed by atoms with E-state index >= 15 is 0 Å². The van der Waals surface area contributed by atoms with Gasteiger partial charge in [-0.1, -0.05) is 11.6 Å². The number of hydrogen-bond donors (Lipinski definition) is 1. The Hall–Kier alpha value is -1.46. The second kappa shape index (κ2) is 7.21. The van der Waals surface area contributed by atoms with E-state index < -0.39 is 5.97 Å². The quantitative estimate of drug-likeness (QED) is 0.813. The maximum absolute atomic E-state index is 11.4. The first kappa shape index (κ1) is 15.6. The molecule has 106 valence electrons. The van der Waals surface area contributed by atoms with Gasteiger partial charge in [0.25, 0.3) is 0 Å². The van der Waals surface area contributed by atoms with Gasteiger partial charge in [-0.25, -0.2) is 4.79 Å². The van der Waals surface area contributed by atoms with Crippen molar-refractivity contribution in [2.75, 3.05) is 13.7 Å². The summed E-state index contributed by atoms with van der Waals surface area (Å²) in [7, 11) is 1.45. The average molecular weight is 289 g/mol. The summed E-state index contributed by atoms with van der Waals surface area (Å²) >= 11 is 6.01. The van der Waals surface area contributed by atoms with Gasteiger partial charge in [-0.3, -0.25) is 0 Å². The number of carbonyl (C=O) groups is 1. The van der Waals surface area contributed by atoms with Crippen molar-refractivity contribution in [1.82, 2.24) is 0 Å². The SMILES string of the molecule is COc1cc(CO)cc(Cl)c1OCC(=O)OC(C)C. The highest BCUT2D eigenvalue weighted by Crippen LogP contribution is 2.36. The summed E-state index contributed by atoms with van der Waals surface area (Å²) in [5, 5.41) is 9.33. The van der Waals surface area contributed by atoms with E-state index in [9.17, 15) is 4.79 Å². The van der Waals surface area contributed by atoms with E-state index in [4.69, 9.17) is 30.9 Å². The summed E-state index contributed by atoms with van der Waals surface area (Å²) < 4.78 is 15.4. The number of benzene rings is 1. The Bertz CT molecular complexity index is 445. The Labute approximate surface area is 117 Å². The van der Waals surface area contributed by atoms with Crippen LogP contribution >= 0.6 is 11.6 Å². The Morgan fingerprint density at radius 3 is 2.63 bits per heavy atom. The van der Waals surface area contributed by atoms with Crippen molar-refractivity contribution < 1.29 is 24.1 Å². The predicted octanol–water partition coefficient (Wildman–Crippen LogP) is 2.17. The minimum absolute atomic E-state index is 0.161. The molecular weight excluding hydrogens is 272 g/mol. The lowest BCUT2D eigenvalue weighted by Gasteiger charge is -2.14. The van der Waals surface area contributed by atoms with Crippen LogP contribution in [0.2, 0.25) is 5.02 Å². The molecule has 0 unspecified atom stereocenters. The van der Waals surface area contributed by atoms with Crippen molar-refractivity contribution in [3.8, 4) is 11.5 Å². The van der Waals surface area contributed by atoms with Crippen molar-refractivity contribution in [3.63, 3.8) is 0 Å². The Balaban J connectivity index is 2.80. The fourth-order valence-electron chi connectivity index (χ4n) is 1.43. The van der Waals surface area contributed by atoms with Gasteiger partial charge in [-0.15, -0.1) is 0 Å². The van der Waals surface area contributed by atoms with Crippen LogP contribution in [-0.4, -0.2) is 30.9 Å². The van der Waals surface area contributed by atoms with Crippen molar-refractivity contribution >= 4 is 17.6 Å². The minimum Gasteiger partial charge on any atom is -0.493 e. The highest BCUT2D eigenvalue weighted by Gasteiger charge is 2.14. The zero-order valence-corrected chi connectivity index (χ0v) is 11.9. The monoisotopic (exact) mass is 288 g/mol. The van der Waals surface area contributed by atoms with Gasteiger partial charge in [0.15, 0.2) is 18.1 Å². The summed E-state index contributed by atoms with van der Waals surface area (Å²) in [5.74, 6) is 0.121. The van der Waals surface area contributed by atoms with E-state index in [-0.39, 0.29) is 30.1 Å². The number of methoxy groups -OCH3 is 1. The van der Waals surface area contributed by atoms with Gasteiger partial charge < -0.3 is 19.3 Å². The number of rotatable bonds is 6. The van der Waals surface area contributed by atoms with Gasteiger partial charge in [0.05, 0.1) is 24.8 Å². The number of hydrogen-bond acceptors (Lipinski definition) is 5. The molecule has 0 aliphatic heterocycles. The summed E-state index contributed by atoms with van der Waals surface area (Å²) in [4.78, 5) is 11.4. The molecule has 0 atom stereocenters. The molecule has 0 aromatic heterocycles. The topological polar surface area (TPSA) is 65.0 Å². The molecule has 0 fully saturated rings. The number of carbonyl (C=O) groups excluding carboxylic acids is 1. The molecule has 1 rings (SSSR count). The zero-order valence-electron chi connectivity index (χ0n) is 11.1. The van der Waals surface area contributed by atoms with Gasteiger partial charge in [0, 0.05) is 0 Å². The number of aliphatic hydroxyl groups excluding tert-OH is 1. The van der Waals surface area contributed by atoms with Crippen molar-refractivity contribution in [1.29, 1.82) is 0 Å². The first-order valence-electron chi connectivity index (χ1n) is 5.77. The van der Waals surface area contributed by atoms with Gasteiger partial charge in [-0.05, 0) is 31.5 Å². The van der Waals surface area contributed by atoms with E-state index in [1.807, 2.05) is 0 Å². The van der Waals surface area contributed by atoms with Gasteiger partial charge >= 0.3 is 5.97 Å². The molecule has 5 nitrogen and oxygen atoms in total. The Morgan fingerprint density at radius 2 is 2.11 bits per heavy atom. The lowest BCUT2D eigenvalue weighted by Crippen LogP contribution is -2.19. The summed E-state index contributed by atoms with van der Waals surface area (Å²) in [6.45, 7) is 3.08. The van der Waals surface area contributed by atoms with Crippen LogP contribution in [0.1, 0.15) is 19.4 Å². The molecule has 19 heavy (non-hydrogen) atoms. The van der Waals surface area contributed by atoms with E-state index in [1.165, 1.54) is 7.11 Å². The van der Waals surface area contributed by atoms with Crippen molar-refractivity contribution in [2.45, 2.75) is 26.6 Å². The molecule has 1 aromatic rings. The van der Waals surface area contributed by atoms with Gasteiger partial charge in [0.1, 0.15) is 0 Å². The molecule has 1 aromatic carbocycles. The van der Waals surface area contributed by atoms with E-state index in [1.54, 1.807) is 26.0 Å². The first-order chi connectivity index (χ1) is 8.97. The van der Waals surface area contributed by atoms with Crippen LogP contribution in [0, 0.1) is 0 Å². The molecule has 0 bridgehead atoms. The van der Waals surface area contributed by atoms with Crippen LogP contribution in [0.4, 0.5) is 0 Å². The summed E-state index contributed by atoms with van der Waals surface area (Å²) in [5.41, 5.74) is 0.596. The van der Waals surface area contributed by atoms with E-state index in [2.05, 4.69) is 0 Å². The fourth-order valence-corrected chi connectivity index (χ4v) is 1.72. The Kier molecular flexibility index (Phi) is 5.92. The molecule has 0 spiro atoms. The van der Waals surface area contributed by atoms with Crippen LogP contribution in [0.15, 0.2) is 12.1 Å². The fraction of sp³-hybridized carbons (Fsp3) is 0.462. The molecule has 1 N–H and O–H groups in total. The number of esters is 1. The lowest BCUT2D eigenvalue weighted by molar-refractivity contribution is -0.149. The van der Waals surface area contributed by atoms with Crippen LogP contribution in [0.5, 0.6) is 11.5 Å². The van der Waals surface area contributed by atoms with Crippen LogP contribution in [0.3, 0.4) is 0 Å². The minimum atomic E-state index is -0.487. The smallest absolute Gasteiger partial charge is 0.344 e. The highest BCUT2D eigenvalue weighted by molar-refractivity contribution is 6.32. The molecule has 0 aliphatic rings. The molecule has 0 saturated carbocycles. The van der Waals surface area contributed by atoms with Crippen LogP contribution in [0.25, 0.3) is 0 Å². The second-order valence-electron chi connectivity index (χ2n) is 4.09. The first-order valence-corrected chi connectivity index (χ1v) is 6.15. The molecule has 0 radical (unpaired) electrons. The number of aliphatic hydroxyl groups is 1.